The molecule has 9 rings (SSSR count). The van der Waals surface area contributed by atoms with Crippen LogP contribution in [0.15, 0.2) is 154 Å². The van der Waals surface area contributed by atoms with Crippen LogP contribution >= 0.6 is 15.9 Å². The molecule has 0 radical (unpaired) electrons. The zero-order valence-electron chi connectivity index (χ0n) is 23.9. The predicted molar refractivity (Wildman–Crippen MR) is 190 cm³/mol. The van der Waals surface area contributed by atoms with Gasteiger partial charge in [-0.15, -0.1) is 0 Å². The Labute approximate surface area is 265 Å². The highest BCUT2D eigenvalue weighted by Crippen LogP contribution is 2.37. The summed E-state index contributed by atoms with van der Waals surface area (Å²) in [6, 6.07) is 46.6. The average Bonchev–Trinajstić information content (AvgIpc) is 3.08. The second kappa shape index (κ2) is 9.74. The first-order valence-corrected chi connectivity index (χ1v) is 15.6. The lowest BCUT2D eigenvalue weighted by atomic mass is 9.92. The summed E-state index contributed by atoms with van der Waals surface area (Å²) < 4.78 is 4.10. The maximum Gasteiger partial charge on any atom is 0.266 e. The molecule has 5 heteroatoms. The van der Waals surface area contributed by atoms with Crippen molar-refractivity contribution in [2.75, 3.05) is 0 Å². The van der Waals surface area contributed by atoms with Crippen molar-refractivity contribution in [1.82, 2.24) is 8.97 Å². The zero-order chi connectivity index (χ0) is 30.2. The summed E-state index contributed by atoms with van der Waals surface area (Å²) in [5, 5.41) is 9.15. The largest absolute Gasteiger partial charge is 0.268 e. The van der Waals surface area contributed by atoms with E-state index in [0.717, 1.165) is 21.0 Å². The van der Waals surface area contributed by atoms with Gasteiger partial charge in [0.2, 0.25) is 0 Å². The van der Waals surface area contributed by atoms with Crippen LogP contribution in [0.5, 0.6) is 0 Å². The fourth-order valence-corrected chi connectivity index (χ4v) is 7.26. The van der Waals surface area contributed by atoms with E-state index in [0.29, 0.717) is 27.6 Å². The molecule has 0 amide bonds. The molecule has 0 N–H and O–H groups in total. The molecule has 9 aromatic rings. The van der Waals surface area contributed by atoms with Gasteiger partial charge in [-0.3, -0.25) is 18.6 Å². The van der Waals surface area contributed by atoms with E-state index in [1.54, 1.807) is 15.0 Å². The third kappa shape index (κ3) is 3.84. The van der Waals surface area contributed by atoms with E-state index in [2.05, 4.69) is 88.7 Å². The quantitative estimate of drug-likeness (QED) is 0.139. The van der Waals surface area contributed by atoms with Crippen molar-refractivity contribution >= 4 is 75.6 Å². The van der Waals surface area contributed by atoms with Crippen molar-refractivity contribution in [1.29, 1.82) is 0 Å². The molecule has 0 spiro atoms. The number of benzene rings is 7. The molecule has 2 aromatic heterocycles. The molecular formula is C40H23BrN2O2. The standard InChI is InChI=1S/C40H23BrN2O2/c41-27-17-19-37-36(23-27)40(45)42(38-22-26-8-1-2-11-29(26)39(44)43(37)38)28-10-7-9-24(20-28)25-16-18-34-32-14-4-3-12-30(32)31-13-5-6-15-33(31)35(34)21-25/h1-23H. The van der Waals surface area contributed by atoms with Crippen molar-refractivity contribution in [2.24, 2.45) is 0 Å². The Kier molecular flexibility index (Phi) is 5.62. The van der Waals surface area contributed by atoms with E-state index in [9.17, 15) is 9.59 Å². The number of halogens is 1. The van der Waals surface area contributed by atoms with Crippen LogP contribution in [0.4, 0.5) is 0 Å². The molecular weight excluding hydrogens is 620 g/mol. The van der Waals surface area contributed by atoms with Gasteiger partial charge in [-0.05, 0) is 97.4 Å². The third-order valence-corrected chi connectivity index (χ3v) is 9.45. The van der Waals surface area contributed by atoms with Gasteiger partial charge in [0.25, 0.3) is 11.1 Å². The molecule has 0 aliphatic carbocycles. The van der Waals surface area contributed by atoms with Gasteiger partial charge in [0.1, 0.15) is 5.65 Å². The molecule has 7 aromatic carbocycles. The first-order chi connectivity index (χ1) is 22.1. The number of rotatable bonds is 2. The Morgan fingerprint density at radius 1 is 0.444 bits per heavy atom. The summed E-state index contributed by atoms with van der Waals surface area (Å²) in [6.45, 7) is 0. The smallest absolute Gasteiger partial charge is 0.266 e. The number of pyridine rings is 1. The van der Waals surface area contributed by atoms with E-state index >= 15 is 0 Å². The number of hydrogen-bond acceptors (Lipinski definition) is 2. The van der Waals surface area contributed by atoms with Crippen LogP contribution in [0.1, 0.15) is 0 Å². The maximum absolute atomic E-state index is 14.3. The molecule has 0 aliphatic heterocycles. The van der Waals surface area contributed by atoms with Gasteiger partial charge in [-0.2, -0.15) is 0 Å². The van der Waals surface area contributed by atoms with Crippen LogP contribution in [-0.4, -0.2) is 8.97 Å². The van der Waals surface area contributed by atoms with E-state index in [-0.39, 0.29) is 11.1 Å². The lowest BCUT2D eigenvalue weighted by molar-refractivity contribution is 0.977. The molecule has 2 heterocycles. The summed E-state index contributed by atoms with van der Waals surface area (Å²) in [6.07, 6.45) is 0. The highest BCUT2D eigenvalue weighted by Gasteiger charge is 2.17. The van der Waals surface area contributed by atoms with Crippen molar-refractivity contribution < 1.29 is 0 Å². The van der Waals surface area contributed by atoms with Gasteiger partial charge in [0, 0.05) is 9.86 Å². The summed E-state index contributed by atoms with van der Waals surface area (Å²) in [7, 11) is 0. The average molecular weight is 644 g/mol. The molecule has 0 atom stereocenters. The van der Waals surface area contributed by atoms with Crippen LogP contribution in [0.25, 0.3) is 76.5 Å². The Morgan fingerprint density at radius 3 is 1.80 bits per heavy atom. The summed E-state index contributed by atoms with van der Waals surface area (Å²) in [5.74, 6) is 0. The molecule has 212 valence electrons. The minimum absolute atomic E-state index is 0.158. The molecule has 4 nitrogen and oxygen atoms in total. The second-order valence-electron chi connectivity index (χ2n) is 11.4. The molecule has 0 saturated heterocycles. The maximum atomic E-state index is 14.3. The first kappa shape index (κ1) is 25.9. The van der Waals surface area contributed by atoms with Crippen molar-refractivity contribution in [3.63, 3.8) is 0 Å². The van der Waals surface area contributed by atoms with E-state index in [1.807, 2.05) is 60.7 Å². The van der Waals surface area contributed by atoms with Gasteiger partial charge in [-0.1, -0.05) is 107 Å². The predicted octanol–water partition coefficient (Wildman–Crippen LogP) is 9.65. The minimum Gasteiger partial charge on any atom is -0.268 e. The fourth-order valence-electron chi connectivity index (χ4n) is 6.90. The molecule has 0 saturated carbocycles. The SMILES string of the molecule is O=c1c2cc(Br)ccc2n2c(=O)c3ccccc3cc2n1-c1cccc(-c2ccc3c4ccccc4c4ccccc4c3c2)c1. The monoisotopic (exact) mass is 642 g/mol. The zero-order valence-corrected chi connectivity index (χ0v) is 25.5. The Bertz CT molecular complexity index is 2790. The normalized spacial score (nSPS) is 11.8. The van der Waals surface area contributed by atoms with Crippen LogP contribution in [-0.2, 0) is 0 Å². The lowest BCUT2D eigenvalue weighted by Crippen LogP contribution is -2.27. The first-order valence-electron chi connectivity index (χ1n) is 14.8. The van der Waals surface area contributed by atoms with Crippen LogP contribution in [0.2, 0.25) is 0 Å². The van der Waals surface area contributed by atoms with Crippen LogP contribution < -0.4 is 11.1 Å². The Hall–Kier alpha value is -5.52. The summed E-state index contributed by atoms with van der Waals surface area (Å²) in [5.41, 5.74) is 3.47. The Morgan fingerprint density at radius 2 is 1.07 bits per heavy atom. The van der Waals surface area contributed by atoms with Crippen LogP contribution in [0, 0.1) is 0 Å². The lowest BCUT2D eigenvalue weighted by Gasteiger charge is -2.16. The Balaban J connectivity index is 1.33. The van der Waals surface area contributed by atoms with E-state index in [1.165, 1.54) is 32.3 Å². The van der Waals surface area contributed by atoms with Crippen molar-refractivity contribution in [3.8, 4) is 16.8 Å². The third-order valence-electron chi connectivity index (χ3n) is 8.95. The number of aromatic nitrogens is 2. The molecule has 0 fully saturated rings. The molecule has 0 bridgehead atoms. The second-order valence-corrected chi connectivity index (χ2v) is 12.3. The highest BCUT2D eigenvalue weighted by atomic mass is 79.9. The van der Waals surface area contributed by atoms with Crippen molar-refractivity contribution in [2.45, 2.75) is 0 Å². The molecule has 0 unspecified atom stereocenters. The number of hydrogen-bond donors (Lipinski definition) is 0. The van der Waals surface area contributed by atoms with Crippen molar-refractivity contribution in [3.05, 3.63) is 165 Å². The molecule has 45 heavy (non-hydrogen) atoms. The fraction of sp³-hybridized carbons (Fsp3) is 0. The number of fused-ring (bicyclic) bond motifs is 10. The van der Waals surface area contributed by atoms with Gasteiger partial charge in [0.15, 0.2) is 0 Å². The van der Waals surface area contributed by atoms with E-state index in [4.69, 9.17) is 0 Å². The summed E-state index contributed by atoms with van der Waals surface area (Å²) >= 11 is 3.53. The van der Waals surface area contributed by atoms with E-state index < -0.39 is 0 Å². The van der Waals surface area contributed by atoms with Crippen LogP contribution in [0.3, 0.4) is 0 Å². The van der Waals surface area contributed by atoms with Gasteiger partial charge in [0.05, 0.1) is 16.6 Å². The van der Waals surface area contributed by atoms with Gasteiger partial charge in [-0.25, -0.2) is 0 Å². The summed E-state index contributed by atoms with van der Waals surface area (Å²) in [4.78, 5) is 28.2. The highest BCUT2D eigenvalue weighted by molar-refractivity contribution is 9.10. The van der Waals surface area contributed by atoms with Gasteiger partial charge >= 0.3 is 0 Å². The number of nitrogens with zero attached hydrogens (tertiary/aromatic N) is 2. The topological polar surface area (TPSA) is 43.5 Å². The van der Waals surface area contributed by atoms with Gasteiger partial charge < -0.3 is 0 Å². The molecule has 0 aliphatic rings. The minimum atomic E-state index is -0.186.